The standard InChI is InChI=1S/C20H20N2O5/c23-17-6-4-14-3-5-15(12-16(14)17)27-13-19(24)21-7-9-22(10-8-21)20(25)18-2-1-11-26-18/h1-3,5,11-12H,4,6-10,13H2. The molecule has 0 unspecified atom stereocenters. The van der Waals surface area contributed by atoms with Crippen molar-refractivity contribution in [2.75, 3.05) is 32.8 Å². The Balaban J connectivity index is 1.28. The number of Topliss-reactive ketones (excluding diaryl/α,β-unsaturated/α-hetero) is 1. The maximum Gasteiger partial charge on any atom is 0.289 e. The number of hydrogen-bond acceptors (Lipinski definition) is 5. The van der Waals surface area contributed by atoms with E-state index < -0.39 is 0 Å². The third-order valence-corrected chi connectivity index (χ3v) is 5.02. The highest BCUT2D eigenvalue weighted by Crippen LogP contribution is 2.26. The van der Waals surface area contributed by atoms with Crippen LogP contribution in [0.3, 0.4) is 0 Å². The van der Waals surface area contributed by atoms with Gasteiger partial charge in [0.05, 0.1) is 6.26 Å². The van der Waals surface area contributed by atoms with Crippen LogP contribution in [0.15, 0.2) is 41.0 Å². The van der Waals surface area contributed by atoms with Gasteiger partial charge in [-0.2, -0.15) is 0 Å². The summed E-state index contributed by atoms with van der Waals surface area (Å²) >= 11 is 0. The second-order valence-electron chi connectivity index (χ2n) is 6.68. The summed E-state index contributed by atoms with van der Waals surface area (Å²) in [6.07, 6.45) is 2.78. The molecule has 0 atom stereocenters. The molecule has 0 radical (unpaired) electrons. The van der Waals surface area contributed by atoms with Crippen molar-refractivity contribution in [2.45, 2.75) is 12.8 Å². The number of aryl methyl sites for hydroxylation is 1. The molecule has 0 saturated carbocycles. The van der Waals surface area contributed by atoms with Gasteiger partial charge in [-0.15, -0.1) is 0 Å². The van der Waals surface area contributed by atoms with Gasteiger partial charge in [-0.25, -0.2) is 0 Å². The van der Waals surface area contributed by atoms with Gasteiger partial charge in [-0.05, 0) is 36.2 Å². The van der Waals surface area contributed by atoms with Gasteiger partial charge < -0.3 is 19.0 Å². The van der Waals surface area contributed by atoms with Gasteiger partial charge in [0.15, 0.2) is 18.2 Å². The van der Waals surface area contributed by atoms with Crippen molar-refractivity contribution >= 4 is 17.6 Å². The number of rotatable bonds is 4. The molecule has 2 heterocycles. The van der Waals surface area contributed by atoms with E-state index in [1.807, 2.05) is 6.07 Å². The van der Waals surface area contributed by atoms with Gasteiger partial charge >= 0.3 is 0 Å². The Hall–Kier alpha value is -3.09. The number of piperazine rings is 1. The van der Waals surface area contributed by atoms with E-state index in [9.17, 15) is 14.4 Å². The molecule has 0 bridgehead atoms. The number of furan rings is 1. The van der Waals surface area contributed by atoms with Gasteiger partial charge in [-0.1, -0.05) is 6.07 Å². The summed E-state index contributed by atoms with van der Waals surface area (Å²) in [6.45, 7) is 1.74. The van der Waals surface area contributed by atoms with Crippen LogP contribution in [0.1, 0.15) is 32.9 Å². The summed E-state index contributed by atoms with van der Waals surface area (Å²) in [7, 11) is 0. The molecule has 140 valence electrons. The van der Waals surface area contributed by atoms with E-state index >= 15 is 0 Å². The van der Waals surface area contributed by atoms with E-state index in [1.165, 1.54) is 6.26 Å². The lowest BCUT2D eigenvalue weighted by Crippen LogP contribution is -2.51. The molecule has 4 rings (SSSR count). The fraction of sp³-hybridized carbons (Fsp3) is 0.350. The number of amides is 2. The summed E-state index contributed by atoms with van der Waals surface area (Å²) in [5.41, 5.74) is 1.74. The first-order chi connectivity index (χ1) is 13.1. The van der Waals surface area contributed by atoms with Crippen LogP contribution in [0.2, 0.25) is 0 Å². The number of fused-ring (bicyclic) bond motifs is 1. The van der Waals surface area contributed by atoms with Crippen LogP contribution in [-0.4, -0.2) is 60.2 Å². The molecular formula is C20H20N2O5. The quantitative estimate of drug-likeness (QED) is 0.822. The zero-order valence-corrected chi connectivity index (χ0v) is 14.8. The molecule has 27 heavy (non-hydrogen) atoms. The van der Waals surface area contributed by atoms with E-state index in [0.29, 0.717) is 49.7 Å². The molecular weight excluding hydrogens is 348 g/mol. The molecule has 7 nitrogen and oxygen atoms in total. The molecule has 1 fully saturated rings. The Kier molecular flexibility index (Phi) is 4.66. The first-order valence-corrected chi connectivity index (χ1v) is 9.01. The number of nitrogens with zero attached hydrogens (tertiary/aromatic N) is 2. The van der Waals surface area contributed by atoms with Crippen molar-refractivity contribution in [2.24, 2.45) is 0 Å². The minimum absolute atomic E-state index is 0.0842. The van der Waals surface area contributed by atoms with Crippen LogP contribution in [0.5, 0.6) is 5.75 Å². The molecule has 1 aliphatic carbocycles. The highest BCUT2D eigenvalue weighted by Gasteiger charge is 2.26. The van der Waals surface area contributed by atoms with Crippen LogP contribution >= 0.6 is 0 Å². The lowest BCUT2D eigenvalue weighted by Gasteiger charge is -2.34. The molecule has 7 heteroatoms. The van der Waals surface area contributed by atoms with Gasteiger partial charge in [-0.3, -0.25) is 14.4 Å². The normalized spacial score (nSPS) is 16.4. The zero-order chi connectivity index (χ0) is 18.8. The fourth-order valence-electron chi connectivity index (χ4n) is 3.46. The van der Waals surface area contributed by atoms with Crippen molar-refractivity contribution in [3.05, 3.63) is 53.5 Å². The lowest BCUT2D eigenvalue weighted by atomic mass is 10.1. The van der Waals surface area contributed by atoms with Crippen LogP contribution in [-0.2, 0) is 11.2 Å². The van der Waals surface area contributed by atoms with Crippen LogP contribution in [0, 0.1) is 0 Å². The lowest BCUT2D eigenvalue weighted by molar-refractivity contribution is -0.134. The van der Waals surface area contributed by atoms with Crippen molar-refractivity contribution in [1.29, 1.82) is 0 Å². The fourth-order valence-corrected chi connectivity index (χ4v) is 3.46. The summed E-state index contributed by atoms with van der Waals surface area (Å²) in [5, 5.41) is 0. The topological polar surface area (TPSA) is 80.1 Å². The molecule has 2 aliphatic rings. The Morgan fingerprint density at radius 3 is 2.56 bits per heavy atom. The van der Waals surface area contributed by atoms with E-state index in [0.717, 1.165) is 12.0 Å². The van der Waals surface area contributed by atoms with E-state index in [4.69, 9.17) is 9.15 Å². The van der Waals surface area contributed by atoms with E-state index in [-0.39, 0.29) is 24.2 Å². The minimum Gasteiger partial charge on any atom is -0.484 e. The largest absolute Gasteiger partial charge is 0.484 e. The maximum atomic E-state index is 12.4. The Bertz CT molecular complexity index is 867. The van der Waals surface area contributed by atoms with E-state index in [1.54, 1.807) is 34.1 Å². The van der Waals surface area contributed by atoms with Gasteiger partial charge in [0.2, 0.25) is 0 Å². The minimum atomic E-state index is -0.161. The number of ether oxygens (including phenoxy) is 1. The average molecular weight is 368 g/mol. The molecule has 1 saturated heterocycles. The average Bonchev–Trinajstić information content (AvgIpc) is 3.36. The Morgan fingerprint density at radius 1 is 1.04 bits per heavy atom. The highest BCUT2D eigenvalue weighted by atomic mass is 16.5. The number of benzene rings is 1. The van der Waals surface area contributed by atoms with Crippen LogP contribution in [0.25, 0.3) is 0 Å². The molecule has 1 aromatic heterocycles. The first-order valence-electron chi connectivity index (χ1n) is 9.01. The summed E-state index contributed by atoms with van der Waals surface area (Å²) in [6, 6.07) is 8.72. The summed E-state index contributed by atoms with van der Waals surface area (Å²) in [5.74, 6) is 0.672. The zero-order valence-electron chi connectivity index (χ0n) is 14.8. The predicted molar refractivity (Wildman–Crippen MR) is 95.8 cm³/mol. The molecule has 2 amide bonds. The SMILES string of the molecule is O=C1CCc2ccc(OCC(=O)N3CCN(C(=O)c4ccco4)CC3)cc21. The van der Waals surface area contributed by atoms with Gasteiger partial charge in [0.25, 0.3) is 11.8 Å². The molecule has 1 aromatic carbocycles. The van der Waals surface area contributed by atoms with Crippen LogP contribution in [0.4, 0.5) is 0 Å². The van der Waals surface area contributed by atoms with Gasteiger partial charge in [0, 0.05) is 38.2 Å². The smallest absolute Gasteiger partial charge is 0.289 e. The Morgan fingerprint density at radius 2 is 1.81 bits per heavy atom. The first kappa shape index (κ1) is 17.3. The second kappa shape index (κ2) is 7.26. The second-order valence-corrected chi connectivity index (χ2v) is 6.68. The number of carbonyl (C=O) groups excluding carboxylic acids is 3. The third-order valence-electron chi connectivity index (χ3n) is 5.02. The van der Waals surface area contributed by atoms with E-state index in [2.05, 4.69) is 0 Å². The summed E-state index contributed by atoms with van der Waals surface area (Å²) in [4.78, 5) is 39.8. The maximum absolute atomic E-state index is 12.4. The highest BCUT2D eigenvalue weighted by molar-refractivity contribution is 6.00. The number of carbonyl (C=O) groups is 3. The molecule has 1 aliphatic heterocycles. The van der Waals surface area contributed by atoms with Crippen LogP contribution < -0.4 is 4.74 Å². The van der Waals surface area contributed by atoms with Crippen molar-refractivity contribution in [1.82, 2.24) is 9.80 Å². The van der Waals surface area contributed by atoms with Crippen molar-refractivity contribution in [3.63, 3.8) is 0 Å². The third kappa shape index (κ3) is 3.58. The molecule has 0 spiro atoms. The molecule has 0 N–H and O–H groups in total. The van der Waals surface area contributed by atoms with Gasteiger partial charge in [0.1, 0.15) is 5.75 Å². The number of hydrogen-bond donors (Lipinski definition) is 0. The predicted octanol–water partition coefficient (Wildman–Crippen LogP) is 1.77. The molecule has 2 aromatic rings. The number of ketones is 1. The van der Waals surface area contributed by atoms with Crippen molar-refractivity contribution in [3.8, 4) is 5.75 Å². The monoisotopic (exact) mass is 368 g/mol. The summed E-state index contributed by atoms with van der Waals surface area (Å²) < 4.78 is 10.7. The van der Waals surface area contributed by atoms with Crippen molar-refractivity contribution < 1.29 is 23.5 Å². The Labute approximate surface area is 156 Å².